The Kier molecular flexibility index (Phi) is 3.78. The molecule has 0 aliphatic carbocycles. The van der Waals surface area contributed by atoms with Crippen molar-refractivity contribution in [3.8, 4) is 0 Å². The van der Waals surface area contributed by atoms with Gasteiger partial charge < -0.3 is 5.32 Å². The Morgan fingerprint density at radius 1 is 0.941 bits per heavy atom. The summed E-state index contributed by atoms with van der Waals surface area (Å²) in [5, 5.41) is 3.50. The molecule has 2 rings (SSSR count). The Morgan fingerprint density at radius 3 is 2.12 bits per heavy atom. The third kappa shape index (κ3) is 2.86. The second-order valence-corrected chi connectivity index (χ2v) is 4.12. The topological polar surface area (TPSA) is 29.1 Å². The van der Waals surface area contributed by atoms with E-state index >= 15 is 0 Å². The number of hydrogen-bond donors (Lipinski definition) is 1. The van der Waals surface area contributed by atoms with Crippen LogP contribution in [0, 0.1) is 0 Å². The lowest BCUT2D eigenvalue weighted by Gasteiger charge is -2.17. The highest BCUT2D eigenvalue weighted by atomic mass is 35.5. The predicted octanol–water partition coefficient (Wildman–Crippen LogP) is 3.18. The van der Waals surface area contributed by atoms with E-state index in [-0.39, 0.29) is 6.04 Å². The van der Waals surface area contributed by atoms with E-state index in [0.29, 0.717) is 11.4 Å². The highest BCUT2D eigenvalue weighted by Gasteiger charge is 2.12. The lowest BCUT2D eigenvalue weighted by Crippen LogP contribution is -2.20. The molecular weight excluding hydrogens is 234 g/mol. The van der Waals surface area contributed by atoms with Gasteiger partial charge in [0.2, 0.25) is 6.41 Å². The van der Waals surface area contributed by atoms with Gasteiger partial charge in [-0.05, 0) is 23.3 Å². The van der Waals surface area contributed by atoms with Crippen LogP contribution in [0.1, 0.15) is 17.2 Å². The summed E-state index contributed by atoms with van der Waals surface area (Å²) in [5.74, 6) is 0. The minimum Gasteiger partial charge on any atom is -0.348 e. The molecule has 0 heterocycles. The zero-order chi connectivity index (χ0) is 12.1. The van der Waals surface area contributed by atoms with Crippen LogP contribution in [0.3, 0.4) is 0 Å². The molecular formula is C14H12ClNO. The number of benzene rings is 2. The number of amides is 1. The minimum atomic E-state index is -0.133. The minimum absolute atomic E-state index is 0.133. The van der Waals surface area contributed by atoms with Crippen LogP contribution >= 0.6 is 11.6 Å². The molecule has 17 heavy (non-hydrogen) atoms. The van der Waals surface area contributed by atoms with E-state index in [1.54, 1.807) is 0 Å². The average molecular weight is 246 g/mol. The molecule has 1 N–H and O–H groups in total. The van der Waals surface area contributed by atoms with Crippen molar-refractivity contribution in [2.75, 3.05) is 0 Å². The van der Waals surface area contributed by atoms with Gasteiger partial charge in [0.25, 0.3) is 0 Å². The first-order valence-electron chi connectivity index (χ1n) is 5.31. The lowest BCUT2D eigenvalue weighted by molar-refractivity contribution is -0.110. The molecule has 3 heteroatoms. The van der Waals surface area contributed by atoms with Gasteiger partial charge in [0.05, 0.1) is 6.04 Å². The number of carbonyl (C=O) groups is 1. The quantitative estimate of drug-likeness (QED) is 0.824. The van der Waals surface area contributed by atoms with E-state index in [2.05, 4.69) is 5.32 Å². The Hall–Kier alpha value is -1.80. The van der Waals surface area contributed by atoms with Gasteiger partial charge in [-0.3, -0.25) is 4.79 Å². The van der Waals surface area contributed by atoms with E-state index in [0.717, 1.165) is 11.1 Å². The van der Waals surface area contributed by atoms with E-state index in [1.807, 2.05) is 54.6 Å². The molecule has 86 valence electrons. The molecule has 2 nitrogen and oxygen atoms in total. The fourth-order valence-corrected chi connectivity index (χ4v) is 1.88. The van der Waals surface area contributed by atoms with Crippen molar-refractivity contribution >= 4 is 18.0 Å². The van der Waals surface area contributed by atoms with E-state index in [1.165, 1.54) is 0 Å². The third-order valence-electron chi connectivity index (χ3n) is 2.57. The van der Waals surface area contributed by atoms with Crippen LogP contribution in [0.15, 0.2) is 54.6 Å². The molecule has 0 aliphatic rings. The second-order valence-electron chi connectivity index (χ2n) is 3.68. The number of rotatable bonds is 4. The van der Waals surface area contributed by atoms with Crippen molar-refractivity contribution in [1.29, 1.82) is 0 Å². The maximum Gasteiger partial charge on any atom is 0.207 e. The molecule has 0 aliphatic heterocycles. The van der Waals surface area contributed by atoms with E-state index in [9.17, 15) is 4.79 Å². The van der Waals surface area contributed by atoms with Crippen molar-refractivity contribution in [2.45, 2.75) is 6.04 Å². The summed E-state index contributed by atoms with van der Waals surface area (Å²) in [7, 11) is 0. The number of hydrogen-bond acceptors (Lipinski definition) is 1. The fourth-order valence-electron chi connectivity index (χ4n) is 1.75. The van der Waals surface area contributed by atoms with Gasteiger partial charge in [-0.2, -0.15) is 0 Å². The Balaban J connectivity index is 2.35. The predicted molar refractivity (Wildman–Crippen MR) is 68.9 cm³/mol. The van der Waals surface area contributed by atoms with Crippen molar-refractivity contribution in [3.05, 3.63) is 70.7 Å². The molecule has 2 aromatic carbocycles. The summed E-state index contributed by atoms with van der Waals surface area (Å²) in [5.41, 5.74) is 2.05. The fraction of sp³-hybridized carbons (Fsp3) is 0.0714. The van der Waals surface area contributed by atoms with Gasteiger partial charge in [-0.1, -0.05) is 54.1 Å². The molecule has 0 saturated heterocycles. The summed E-state index contributed by atoms with van der Waals surface area (Å²) in [4.78, 5) is 10.7. The van der Waals surface area contributed by atoms with Gasteiger partial charge in [0, 0.05) is 5.02 Å². The maximum atomic E-state index is 10.7. The third-order valence-corrected chi connectivity index (χ3v) is 2.82. The standard InChI is InChI=1S/C14H12ClNO/c15-13-8-6-12(7-9-13)14(16-10-17)11-4-2-1-3-5-11/h1-10,14H,(H,16,17). The van der Waals surface area contributed by atoms with E-state index < -0.39 is 0 Å². The monoisotopic (exact) mass is 245 g/mol. The molecule has 0 aromatic heterocycles. The molecule has 2 aromatic rings. The summed E-state index contributed by atoms with van der Waals surface area (Å²) in [6.07, 6.45) is 0.715. The molecule has 0 spiro atoms. The van der Waals surface area contributed by atoms with Gasteiger partial charge in [-0.25, -0.2) is 0 Å². The Bertz CT molecular complexity index is 481. The SMILES string of the molecule is O=CNC(c1ccccc1)c1ccc(Cl)cc1. The number of carbonyl (C=O) groups excluding carboxylic acids is 1. The number of nitrogens with one attached hydrogen (secondary N) is 1. The normalized spacial score (nSPS) is 11.8. The molecule has 1 unspecified atom stereocenters. The van der Waals surface area contributed by atoms with Crippen molar-refractivity contribution < 1.29 is 4.79 Å². The first-order valence-corrected chi connectivity index (χ1v) is 5.69. The van der Waals surface area contributed by atoms with E-state index in [4.69, 9.17) is 11.6 Å². The largest absolute Gasteiger partial charge is 0.348 e. The lowest BCUT2D eigenvalue weighted by atomic mass is 9.99. The van der Waals surface area contributed by atoms with Gasteiger partial charge >= 0.3 is 0 Å². The van der Waals surface area contributed by atoms with Crippen LogP contribution in [0.4, 0.5) is 0 Å². The Morgan fingerprint density at radius 2 is 1.53 bits per heavy atom. The zero-order valence-electron chi connectivity index (χ0n) is 9.14. The molecule has 0 bridgehead atoms. The van der Waals surface area contributed by atoms with Crippen LogP contribution < -0.4 is 5.32 Å². The van der Waals surface area contributed by atoms with Crippen LogP contribution in [0.25, 0.3) is 0 Å². The van der Waals surface area contributed by atoms with Crippen molar-refractivity contribution in [3.63, 3.8) is 0 Å². The molecule has 0 saturated carbocycles. The van der Waals surface area contributed by atoms with Crippen LogP contribution in [0.2, 0.25) is 5.02 Å². The van der Waals surface area contributed by atoms with Crippen LogP contribution in [-0.4, -0.2) is 6.41 Å². The second kappa shape index (κ2) is 5.51. The first kappa shape index (κ1) is 11.7. The molecule has 1 atom stereocenters. The molecule has 0 fully saturated rings. The summed E-state index contributed by atoms with van der Waals surface area (Å²) >= 11 is 5.85. The summed E-state index contributed by atoms with van der Waals surface area (Å²) in [6.45, 7) is 0. The maximum absolute atomic E-state index is 10.7. The summed E-state index contributed by atoms with van der Waals surface area (Å²) < 4.78 is 0. The van der Waals surface area contributed by atoms with Gasteiger partial charge in [0.15, 0.2) is 0 Å². The van der Waals surface area contributed by atoms with Crippen LogP contribution in [-0.2, 0) is 4.79 Å². The Labute approximate surface area is 105 Å². The smallest absolute Gasteiger partial charge is 0.207 e. The average Bonchev–Trinajstić information content (AvgIpc) is 2.38. The number of halogens is 1. The van der Waals surface area contributed by atoms with Gasteiger partial charge in [0.1, 0.15) is 0 Å². The first-order chi connectivity index (χ1) is 8.31. The highest BCUT2D eigenvalue weighted by Crippen LogP contribution is 2.22. The molecule has 1 amide bonds. The highest BCUT2D eigenvalue weighted by molar-refractivity contribution is 6.30. The zero-order valence-corrected chi connectivity index (χ0v) is 9.89. The van der Waals surface area contributed by atoms with Crippen LogP contribution in [0.5, 0.6) is 0 Å². The van der Waals surface area contributed by atoms with Crippen molar-refractivity contribution in [2.24, 2.45) is 0 Å². The van der Waals surface area contributed by atoms with Crippen molar-refractivity contribution in [1.82, 2.24) is 5.32 Å². The molecule has 0 radical (unpaired) electrons. The summed E-state index contributed by atoms with van der Waals surface area (Å²) in [6, 6.07) is 17.1. The van der Waals surface area contributed by atoms with Gasteiger partial charge in [-0.15, -0.1) is 0 Å².